The van der Waals surface area contributed by atoms with E-state index in [0.717, 1.165) is 29.3 Å². The summed E-state index contributed by atoms with van der Waals surface area (Å²) in [5.74, 6) is -0.950. The Balaban J connectivity index is 1.68. The minimum Gasteiger partial charge on any atom is -0.464 e. The highest BCUT2D eigenvalue weighted by Gasteiger charge is 2.23. The molecule has 0 aliphatic carbocycles. The maximum atomic E-state index is 14.0. The Labute approximate surface area is 172 Å². The smallest absolute Gasteiger partial charge is 0.268 e. The lowest BCUT2D eigenvalue weighted by Crippen LogP contribution is -2.26. The normalized spacial score (nSPS) is 10.9. The molecule has 0 bridgehead atoms. The van der Waals surface area contributed by atoms with Crippen molar-refractivity contribution in [3.05, 3.63) is 107 Å². The van der Waals surface area contributed by atoms with Gasteiger partial charge in [-0.2, -0.15) is 0 Å². The van der Waals surface area contributed by atoms with Gasteiger partial charge in [-0.05, 0) is 48.4 Å². The number of hydrogen-bond acceptors (Lipinski definition) is 2. The van der Waals surface area contributed by atoms with E-state index in [-0.39, 0.29) is 12.1 Å². The molecule has 30 heavy (non-hydrogen) atoms. The molecule has 4 nitrogen and oxygen atoms in total. The molecule has 0 aliphatic heterocycles. The molecule has 1 amide bonds. The topological polar surface area (TPSA) is 47.2 Å². The number of carbonyl (C=O) groups excluding carboxylic acids is 1. The molecular formula is C24H20F2N2O2. The van der Waals surface area contributed by atoms with E-state index in [4.69, 9.17) is 4.42 Å². The van der Waals surface area contributed by atoms with Crippen LogP contribution in [0.5, 0.6) is 0 Å². The number of aryl methyl sites for hydroxylation is 1. The van der Waals surface area contributed by atoms with Crippen LogP contribution in [0.25, 0.3) is 11.3 Å². The van der Waals surface area contributed by atoms with Gasteiger partial charge in [0.15, 0.2) is 0 Å². The minimum atomic E-state index is -0.571. The summed E-state index contributed by atoms with van der Waals surface area (Å²) < 4.78 is 34.8. The Morgan fingerprint density at radius 3 is 2.60 bits per heavy atom. The number of halogens is 2. The first-order valence-corrected chi connectivity index (χ1v) is 9.52. The third-order valence-corrected chi connectivity index (χ3v) is 4.89. The molecule has 1 N–H and O–H groups in total. The van der Waals surface area contributed by atoms with Crippen molar-refractivity contribution >= 4 is 5.91 Å². The van der Waals surface area contributed by atoms with Crippen molar-refractivity contribution in [3.8, 4) is 11.3 Å². The molecule has 4 aromatic rings. The lowest BCUT2D eigenvalue weighted by molar-refractivity contribution is 0.0942. The summed E-state index contributed by atoms with van der Waals surface area (Å²) >= 11 is 0. The predicted molar refractivity (Wildman–Crippen MR) is 110 cm³/mol. The van der Waals surface area contributed by atoms with Crippen molar-refractivity contribution in [2.24, 2.45) is 0 Å². The quantitative estimate of drug-likeness (QED) is 0.472. The predicted octanol–water partition coefficient (Wildman–Crippen LogP) is 5.31. The van der Waals surface area contributed by atoms with Crippen LogP contribution in [0.1, 0.15) is 27.2 Å². The first-order valence-electron chi connectivity index (χ1n) is 9.52. The van der Waals surface area contributed by atoms with Gasteiger partial charge in [-0.15, -0.1) is 0 Å². The summed E-state index contributed by atoms with van der Waals surface area (Å²) in [5.41, 5.74) is 3.07. The Morgan fingerprint density at radius 1 is 1.07 bits per heavy atom. The standard InChI is InChI=1S/C24H20F2N2O2/c1-16-14-28(15-17-6-3-2-4-7-17)23(22(16)21-8-5-11-30-21)24(29)27-13-18-12-19(25)9-10-20(18)26/h2-12,14H,13,15H2,1H3,(H,27,29). The van der Waals surface area contributed by atoms with Gasteiger partial charge in [0.1, 0.15) is 23.1 Å². The number of aromatic nitrogens is 1. The summed E-state index contributed by atoms with van der Waals surface area (Å²) in [5, 5.41) is 2.72. The maximum Gasteiger partial charge on any atom is 0.268 e. The van der Waals surface area contributed by atoms with Crippen molar-refractivity contribution in [1.29, 1.82) is 0 Å². The molecule has 0 radical (unpaired) electrons. The molecule has 6 heteroatoms. The summed E-state index contributed by atoms with van der Waals surface area (Å²) in [7, 11) is 0. The van der Waals surface area contributed by atoms with Crippen molar-refractivity contribution in [2.45, 2.75) is 20.0 Å². The van der Waals surface area contributed by atoms with Gasteiger partial charge in [-0.1, -0.05) is 30.3 Å². The highest BCUT2D eigenvalue weighted by Crippen LogP contribution is 2.30. The second-order valence-electron chi connectivity index (χ2n) is 7.04. The molecule has 0 saturated carbocycles. The summed E-state index contributed by atoms with van der Waals surface area (Å²) in [6, 6.07) is 16.5. The SMILES string of the molecule is Cc1cn(Cc2ccccc2)c(C(=O)NCc2cc(F)ccc2F)c1-c1ccco1. The van der Waals surface area contributed by atoms with Crippen molar-refractivity contribution in [1.82, 2.24) is 9.88 Å². The van der Waals surface area contributed by atoms with Gasteiger partial charge in [0, 0.05) is 24.8 Å². The zero-order chi connectivity index (χ0) is 21.1. The first kappa shape index (κ1) is 19.6. The molecule has 0 aliphatic rings. The number of rotatable bonds is 6. The largest absolute Gasteiger partial charge is 0.464 e. The Hall–Kier alpha value is -3.67. The van der Waals surface area contributed by atoms with Gasteiger partial charge in [-0.25, -0.2) is 8.78 Å². The Morgan fingerprint density at radius 2 is 1.87 bits per heavy atom. The molecule has 2 aromatic carbocycles. The van der Waals surface area contributed by atoms with Gasteiger partial charge in [0.05, 0.1) is 11.8 Å². The van der Waals surface area contributed by atoms with Crippen LogP contribution in [0.3, 0.4) is 0 Å². The van der Waals surface area contributed by atoms with Gasteiger partial charge in [0.25, 0.3) is 5.91 Å². The van der Waals surface area contributed by atoms with Crippen LogP contribution < -0.4 is 5.32 Å². The molecule has 152 valence electrons. The minimum absolute atomic E-state index is 0.0841. The molecule has 0 saturated heterocycles. The summed E-state index contributed by atoms with van der Waals surface area (Å²) in [6.45, 7) is 2.26. The van der Waals surface area contributed by atoms with E-state index in [2.05, 4.69) is 5.32 Å². The number of nitrogens with zero attached hydrogens (tertiary/aromatic N) is 1. The molecule has 2 aromatic heterocycles. The monoisotopic (exact) mass is 406 g/mol. The molecule has 0 unspecified atom stereocenters. The third-order valence-electron chi connectivity index (χ3n) is 4.89. The average Bonchev–Trinajstić information content (AvgIpc) is 3.37. The van der Waals surface area contributed by atoms with Gasteiger partial charge in [0.2, 0.25) is 0 Å². The van der Waals surface area contributed by atoms with Crippen LogP contribution in [0.4, 0.5) is 8.78 Å². The number of amides is 1. The maximum absolute atomic E-state index is 14.0. The molecule has 0 fully saturated rings. The van der Waals surface area contributed by atoms with Crippen LogP contribution >= 0.6 is 0 Å². The Bertz CT molecular complexity index is 1170. The fraction of sp³-hybridized carbons (Fsp3) is 0.125. The lowest BCUT2D eigenvalue weighted by atomic mass is 10.1. The number of hydrogen-bond donors (Lipinski definition) is 1. The zero-order valence-electron chi connectivity index (χ0n) is 16.4. The van der Waals surface area contributed by atoms with Gasteiger partial charge >= 0.3 is 0 Å². The van der Waals surface area contributed by atoms with Gasteiger partial charge in [-0.3, -0.25) is 4.79 Å². The van der Waals surface area contributed by atoms with E-state index in [1.807, 2.05) is 48.0 Å². The highest BCUT2D eigenvalue weighted by molar-refractivity contribution is 6.00. The van der Waals surface area contributed by atoms with Crippen LogP contribution in [-0.2, 0) is 13.1 Å². The van der Waals surface area contributed by atoms with Crippen molar-refractivity contribution in [2.75, 3.05) is 0 Å². The number of benzene rings is 2. The highest BCUT2D eigenvalue weighted by atomic mass is 19.1. The van der Waals surface area contributed by atoms with Crippen LogP contribution in [-0.4, -0.2) is 10.5 Å². The number of carbonyl (C=O) groups is 1. The average molecular weight is 406 g/mol. The lowest BCUT2D eigenvalue weighted by Gasteiger charge is -2.12. The van der Waals surface area contributed by atoms with E-state index in [1.54, 1.807) is 18.4 Å². The summed E-state index contributed by atoms with van der Waals surface area (Å²) in [6.07, 6.45) is 3.44. The summed E-state index contributed by atoms with van der Waals surface area (Å²) in [4.78, 5) is 13.2. The fourth-order valence-electron chi connectivity index (χ4n) is 3.51. The van der Waals surface area contributed by atoms with E-state index >= 15 is 0 Å². The van der Waals surface area contributed by atoms with Crippen molar-refractivity contribution < 1.29 is 18.0 Å². The number of furan rings is 1. The Kier molecular flexibility index (Phi) is 5.48. The second-order valence-corrected chi connectivity index (χ2v) is 7.04. The zero-order valence-corrected chi connectivity index (χ0v) is 16.4. The molecule has 2 heterocycles. The van der Waals surface area contributed by atoms with E-state index in [9.17, 15) is 13.6 Å². The molecule has 0 atom stereocenters. The van der Waals surface area contributed by atoms with E-state index < -0.39 is 17.5 Å². The van der Waals surface area contributed by atoms with Crippen LogP contribution in [0.15, 0.2) is 77.5 Å². The van der Waals surface area contributed by atoms with Crippen molar-refractivity contribution in [3.63, 3.8) is 0 Å². The van der Waals surface area contributed by atoms with Gasteiger partial charge < -0.3 is 14.3 Å². The fourth-order valence-corrected chi connectivity index (χ4v) is 3.51. The van der Waals surface area contributed by atoms with E-state index in [1.165, 1.54) is 0 Å². The van der Waals surface area contributed by atoms with Crippen LogP contribution in [0.2, 0.25) is 0 Å². The molecule has 0 spiro atoms. The molecular weight excluding hydrogens is 386 g/mol. The first-order chi connectivity index (χ1) is 14.5. The number of nitrogens with one attached hydrogen (secondary N) is 1. The van der Waals surface area contributed by atoms with Crippen LogP contribution in [0, 0.1) is 18.6 Å². The second kappa shape index (κ2) is 8.37. The third kappa shape index (κ3) is 4.03. The molecule has 4 rings (SSSR count). The van der Waals surface area contributed by atoms with E-state index in [0.29, 0.717) is 23.6 Å².